The van der Waals surface area contributed by atoms with Crippen LogP contribution in [0.2, 0.25) is 0 Å². The Bertz CT molecular complexity index is 120. The Hall–Kier alpha value is 0. The molecule has 0 aliphatic carbocycles. The lowest BCUT2D eigenvalue weighted by Crippen LogP contribution is -2.17. The molecule has 0 amide bonds. The molecule has 0 aromatic carbocycles. The normalized spacial score (nSPS) is 13.8. The van der Waals surface area contributed by atoms with Crippen molar-refractivity contribution in [2.75, 3.05) is 0 Å². The molecule has 0 aliphatic heterocycles. The van der Waals surface area contributed by atoms with Crippen LogP contribution in [0.15, 0.2) is 0 Å². The maximum absolute atomic E-state index is 2.37. The second-order valence-electron chi connectivity index (χ2n) is 5.52. The van der Waals surface area contributed by atoms with Gasteiger partial charge in [0.1, 0.15) is 0 Å². The third kappa shape index (κ3) is 6.98. The second-order valence-corrected chi connectivity index (χ2v) is 5.52. The van der Waals surface area contributed by atoms with Gasteiger partial charge >= 0.3 is 0 Å². The van der Waals surface area contributed by atoms with E-state index in [0.717, 1.165) is 17.8 Å². The third-order valence-electron chi connectivity index (χ3n) is 3.42. The van der Waals surface area contributed by atoms with Crippen molar-refractivity contribution in [1.29, 1.82) is 0 Å². The molecule has 1 atom stereocenters. The number of rotatable bonds is 9. The smallest absolute Gasteiger partial charge is 0.0384 e. The van der Waals surface area contributed by atoms with E-state index in [-0.39, 0.29) is 0 Å². The van der Waals surface area contributed by atoms with Gasteiger partial charge in [0.15, 0.2) is 0 Å². The topological polar surface area (TPSA) is 0 Å². The highest BCUT2D eigenvalue weighted by Gasteiger charge is 2.20. The van der Waals surface area contributed by atoms with Crippen LogP contribution in [0.3, 0.4) is 0 Å². The van der Waals surface area contributed by atoms with E-state index in [1.165, 1.54) is 44.9 Å². The van der Waals surface area contributed by atoms with E-state index in [2.05, 4.69) is 34.6 Å². The lowest BCUT2D eigenvalue weighted by atomic mass is 9.78. The monoisotopic (exact) mass is 212 g/mol. The van der Waals surface area contributed by atoms with Crippen molar-refractivity contribution in [2.45, 2.75) is 79.6 Å². The molecule has 0 aromatic rings. The molecule has 15 heavy (non-hydrogen) atoms. The van der Waals surface area contributed by atoms with Crippen LogP contribution < -0.4 is 0 Å². The lowest BCUT2D eigenvalue weighted by molar-refractivity contribution is 0.233. The van der Waals surface area contributed by atoms with Crippen molar-refractivity contribution in [3.63, 3.8) is 0 Å². The predicted octanol–water partition coefficient (Wildman–Crippen LogP) is 5.67. The van der Waals surface area contributed by atoms with Crippen molar-refractivity contribution in [1.82, 2.24) is 0 Å². The van der Waals surface area contributed by atoms with Crippen LogP contribution in [0.1, 0.15) is 79.6 Å². The number of hydrogen-bond acceptors (Lipinski definition) is 0. The van der Waals surface area contributed by atoms with E-state index in [1.807, 2.05) is 0 Å². The van der Waals surface area contributed by atoms with Gasteiger partial charge in [-0.2, -0.15) is 0 Å². The molecule has 0 fully saturated rings. The lowest BCUT2D eigenvalue weighted by Gasteiger charge is -2.28. The van der Waals surface area contributed by atoms with E-state index >= 15 is 0 Å². The minimum atomic E-state index is 0.873. The summed E-state index contributed by atoms with van der Waals surface area (Å²) in [6, 6.07) is 0. The zero-order valence-corrected chi connectivity index (χ0v) is 11.7. The largest absolute Gasteiger partial charge is 0.0654 e. The maximum Gasteiger partial charge on any atom is -0.0384 e. The fourth-order valence-corrected chi connectivity index (χ4v) is 2.88. The molecule has 92 valence electrons. The zero-order valence-electron chi connectivity index (χ0n) is 11.7. The van der Waals surface area contributed by atoms with Gasteiger partial charge in [-0.3, -0.25) is 0 Å². The molecule has 0 aliphatic rings. The van der Waals surface area contributed by atoms with E-state index < -0.39 is 0 Å². The van der Waals surface area contributed by atoms with Crippen molar-refractivity contribution in [3.05, 3.63) is 0 Å². The Morgan fingerprint density at radius 1 is 0.667 bits per heavy atom. The van der Waals surface area contributed by atoms with Gasteiger partial charge in [0.05, 0.1) is 0 Å². The Labute approximate surface area is 97.8 Å². The summed E-state index contributed by atoms with van der Waals surface area (Å²) in [5.41, 5.74) is 0. The van der Waals surface area contributed by atoms with Gasteiger partial charge in [-0.25, -0.2) is 0 Å². The molecule has 1 unspecified atom stereocenters. The summed E-state index contributed by atoms with van der Waals surface area (Å²) in [4.78, 5) is 0. The SMILES string of the molecule is CCCC(CCC)C(CCC)CC(C)C. The van der Waals surface area contributed by atoms with Crippen molar-refractivity contribution >= 4 is 0 Å². The van der Waals surface area contributed by atoms with Crippen LogP contribution >= 0.6 is 0 Å². The first kappa shape index (κ1) is 15.0. The molecule has 0 saturated carbocycles. The van der Waals surface area contributed by atoms with E-state index in [9.17, 15) is 0 Å². The molecule has 0 rings (SSSR count). The Morgan fingerprint density at radius 3 is 1.40 bits per heavy atom. The van der Waals surface area contributed by atoms with Crippen molar-refractivity contribution < 1.29 is 0 Å². The number of hydrogen-bond donors (Lipinski definition) is 0. The second kappa shape index (κ2) is 9.24. The molecular formula is C15H32. The zero-order chi connectivity index (χ0) is 11.7. The Kier molecular flexibility index (Phi) is 9.24. The average molecular weight is 212 g/mol. The molecule has 0 saturated heterocycles. The summed E-state index contributed by atoms with van der Waals surface area (Å²) in [6.07, 6.45) is 9.88. The molecule has 0 nitrogen and oxygen atoms in total. The highest BCUT2D eigenvalue weighted by Crippen LogP contribution is 2.31. The summed E-state index contributed by atoms with van der Waals surface area (Å²) >= 11 is 0. The van der Waals surface area contributed by atoms with Crippen molar-refractivity contribution in [3.8, 4) is 0 Å². The molecular weight excluding hydrogens is 180 g/mol. The molecule has 0 bridgehead atoms. The van der Waals surface area contributed by atoms with Gasteiger partial charge in [0, 0.05) is 0 Å². The van der Waals surface area contributed by atoms with Crippen LogP contribution in [0, 0.1) is 17.8 Å². The minimum Gasteiger partial charge on any atom is -0.0654 e. The minimum absolute atomic E-state index is 0.873. The van der Waals surface area contributed by atoms with Gasteiger partial charge in [0.25, 0.3) is 0 Å². The first-order valence-corrected chi connectivity index (χ1v) is 7.15. The maximum atomic E-state index is 2.37. The first-order chi connectivity index (χ1) is 7.15. The molecule has 0 aromatic heterocycles. The highest BCUT2D eigenvalue weighted by molar-refractivity contribution is 4.71. The first-order valence-electron chi connectivity index (χ1n) is 7.15. The molecule has 0 heterocycles. The van der Waals surface area contributed by atoms with Crippen LogP contribution in [0.5, 0.6) is 0 Å². The van der Waals surface area contributed by atoms with Gasteiger partial charge in [-0.05, 0) is 24.2 Å². The Balaban J connectivity index is 4.22. The summed E-state index contributed by atoms with van der Waals surface area (Å²) < 4.78 is 0. The molecule has 0 heteroatoms. The van der Waals surface area contributed by atoms with Crippen molar-refractivity contribution in [2.24, 2.45) is 17.8 Å². The standard InChI is InChI=1S/C15H32/c1-6-9-14(10-7-2)15(11-8-3)12-13(4)5/h13-15H,6-12H2,1-5H3. The molecule has 0 N–H and O–H groups in total. The Morgan fingerprint density at radius 2 is 1.07 bits per heavy atom. The van der Waals surface area contributed by atoms with E-state index in [0.29, 0.717) is 0 Å². The third-order valence-corrected chi connectivity index (χ3v) is 3.42. The molecule has 0 spiro atoms. The quantitative estimate of drug-likeness (QED) is 0.462. The van der Waals surface area contributed by atoms with Gasteiger partial charge in [-0.15, -0.1) is 0 Å². The van der Waals surface area contributed by atoms with Crippen LogP contribution in [0.25, 0.3) is 0 Å². The summed E-state index contributed by atoms with van der Waals surface area (Å²) in [5, 5.41) is 0. The van der Waals surface area contributed by atoms with Gasteiger partial charge in [-0.1, -0.05) is 73.1 Å². The van der Waals surface area contributed by atoms with E-state index in [4.69, 9.17) is 0 Å². The fourth-order valence-electron chi connectivity index (χ4n) is 2.88. The van der Waals surface area contributed by atoms with Crippen LogP contribution in [0.4, 0.5) is 0 Å². The van der Waals surface area contributed by atoms with Crippen LogP contribution in [-0.2, 0) is 0 Å². The van der Waals surface area contributed by atoms with Gasteiger partial charge in [0.2, 0.25) is 0 Å². The average Bonchev–Trinajstić information content (AvgIpc) is 2.16. The van der Waals surface area contributed by atoms with Gasteiger partial charge < -0.3 is 0 Å². The summed E-state index contributed by atoms with van der Waals surface area (Å²) in [7, 11) is 0. The summed E-state index contributed by atoms with van der Waals surface area (Å²) in [6.45, 7) is 11.7. The summed E-state index contributed by atoms with van der Waals surface area (Å²) in [5.74, 6) is 2.87. The molecule has 0 radical (unpaired) electrons. The fraction of sp³-hybridized carbons (Fsp3) is 1.00. The van der Waals surface area contributed by atoms with E-state index in [1.54, 1.807) is 0 Å². The highest BCUT2D eigenvalue weighted by atomic mass is 14.3. The predicted molar refractivity (Wildman–Crippen MR) is 71.2 cm³/mol. The van der Waals surface area contributed by atoms with Crippen LogP contribution in [-0.4, -0.2) is 0 Å².